The lowest BCUT2D eigenvalue weighted by Crippen LogP contribution is -2.49. The highest BCUT2D eigenvalue weighted by Gasteiger charge is 2.22. The van der Waals surface area contributed by atoms with E-state index in [9.17, 15) is 9.59 Å². The minimum Gasteiger partial charge on any atom is -0.353 e. The van der Waals surface area contributed by atoms with Gasteiger partial charge < -0.3 is 14.2 Å². The molecule has 0 saturated carbocycles. The number of rotatable bonds is 4. The number of hydrogen-bond acceptors (Lipinski definition) is 5. The van der Waals surface area contributed by atoms with Crippen LogP contribution in [0.15, 0.2) is 65.8 Å². The Balaban J connectivity index is 1.31. The lowest BCUT2D eigenvalue weighted by atomic mass is 10.2. The number of piperazine rings is 1. The van der Waals surface area contributed by atoms with Crippen molar-refractivity contribution in [2.24, 2.45) is 0 Å². The monoisotopic (exact) mass is 402 g/mol. The predicted molar refractivity (Wildman–Crippen MR) is 115 cm³/mol. The van der Waals surface area contributed by atoms with Crippen molar-refractivity contribution in [3.05, 3.63) is 71.4 Å². The molecule has 1 aliphatic heterocycles. The summed E-state index contributed by atoms with van der Waals surface area (Å²) in [5.41, 5.74) is 1.92. The van der Waals surface area contributed by atoms with E-state index in [0.717, 1.165) is 24.4 Å². The number of aromatic nitrogens is 4. The summed E-state index contributed by atoms with van der Waals surface area (Å²) < 4.78 is 3.46. The normalized spacial score (nSPS) is 14.5. The van der Waals surface area contributed by atoms with Crippen LogP contribution >= 0.6 is 0 Å². The molecule has 0 spiro atoms. The molecule has 30 heavy (non-hydrogen) atoms. The van der Waals surface area contributed by atoms with Gasteiger partial charge >= 0.3 is 0 Å². The molecule has 0 bridgehead atoms. The summed E-state index contributed by atoms with van der Waals surface area (Å²) in [5.74, 6) is 0.996. The van der Waals surface area contributed by atoms with Gasteiger partial charge in [-0.15, -0.1) is 0 Å². The Morgan fingerprint density at radius 2 is 1.70 bits per heavy atom. The number of nitrogens with zero attached hydrogens (tertiary/aromatic N) is 6. The van der Waals surface area contributed by atoms with Crippen LogP contribution in [-0.4, -0.2) is 55.9 Å². The summed E-state index contributed by atoms with van der Waals surface area (Å²) in [6.45, 7) is 3.13. The van der Waals surface area contributed by atoms with Gasteiger partial charge in [-0.1, -0.05) is 6.07 Å². The van der Waals surface area contributed by atoms with E-state index in [4.69, 9.17) is 0 Å². The SMILES string of the molecule is O=C(CCn1c(=O)c2cccn2c2cccnc21)N1CCN(c2ccccn2)CC1. The first-order valence-electron chi connectivity index (χ1n) is 10.1. The summed E-state index contributed by atoms with van der Waals surface area (Å²) >= 11 is 0. The van der Waals surface area contributed by atoms with Crippen molar-refractivity contribution in [2.75, 3.05) is 31.1 Å². The van der Waals surface area contributed by atoms with E-state index in [0.29, 0.717) is 30.8 Å². The van der Waals surface area contributed by atoms with Crippen molar-refractivity contribution in [3.8, 4) is 0 Å². The van der Waals surface area contributed by atoms with Crippen LogP contribution in [-0.2, 0) is 11.3 Å². The lowest BCUT2D eigenvalue weighted by Gasteiger charge is -2.35. The third-order valence-corrected chi connectivity index (χ3v) is 5.65. The molecule has 1 saturated heterocycles. The van der Waals surface area contributed by atoms with E-state index in [1.54, 1.807) is 23.0 Å². The number of carbonyl (C=O) groups excluding carboxylic acids is 1. The quantitative estimate of drug-likeness (QED) is 0.520. The van der Waals surface area contributed by atoms with Gasteiger partial charge in [0.2, 0.25) is 5.91 Å². The molecule has 5 rings (SSSR count). The molecule has 1 fully saturated rings. The predicted octanol–water partition coefficient (Wildman–Crippen LogP) is 1.78. The molecule has 0 radical (unpaired) electrons. The number of amides is 1. The van der Waals surface area contributed by atoms with Crippen molar-refractivity contribution in [2.45, 2.75) is 13.0 Å². The molecule has 4 aromatic rings. The maximum absolute atomic E-state index is 13.0. The van der Waals surface area contributed by atoms with E-state index in [2.05, 4.69) is 14.9 Å². The molecule has 8 nitrogen and oxygen atoms in total. The van der Waals surface area contributed by atoms with Gasteiger partial charge in [-0.3, -0.25) is 14.2 Å². The average Bonchev–Trinajstić information content (AvgIpc) is 3.30. The fourth-order valence-corrected chi connectivity index (χ4v) is 4.08. The first-order chi connectivity index (χ1) is 14.7. The number of anilines is 1. The summed E-state index contributed by atoms with van der Waals surface area (Å²) in [5, 5.41) is 0. The minimum atomic E-state index is -0.126. The highest BCUT2D eigenvalue weighted by molar-refractivity contribution is 5.78. The second kappa shape index (κ2) is 7.62. The second-order valence-corrected chi connectivity index (χ2v) is 7.37. The fraction of sp³-hybridized carbons (Fsp3) is 0.273. The first kappa shape index (κ1) is 18.4. The van der Waals surface area contributed by atoms with Crippen LogP contribution in [0.3, 0.4) is 0 Å². The van der Waals surface area contributed by atoms with Crippen molar-refractivity contribution in [1.29, 1.82) is 0 Å². The van der Waals surface area contributed by atoms with Crippen LogP contribution in [0.1, 0.15) is 6.42 Å². The lowest BCUT2D eigenvalue weighted by molar-refractivity contribution is -0.131. The summed E-state index contributed by atoms with van der Waals surface area (Å²) in [6, 6.07) is 13.3. The van der Waals surface area contributed by atoms with Crippen LogP contribution < -0.4 is 10.5 Å². The van der Waals surface area contributed by atoms with E-state index < -0.39 is 0 Å². The Kier molecular flexibility index (Phi) is 4.66. The van der Waals surface area contributed by atoms with Gasteiger partial charge in [0.15, 0.2) is 5.65 Å². The molecule has 1 aliphatic rings. The number of aryl methyl sites for hydroxylation is 1. The summed E-state index contributed by atoms with van der Waals surface area (Å²) in [7, 11) is 0. The Hall–Kier alpha value is -3.68. The third kappa shape index (κ3) is 3.20. The maximum Gasteiger partial charge on any atom is 0.276 e. The molecule has 8 heteroatoms. The molecule has 0 unspecified atom stereocenters. The molecule has 4 aromatic heterocycles. The van der Waals surface area contributed by atoms with Crippen LogP contribution in [0.2, 0.25) is 0 Å². The number of pyridine rings is 2. The van der Waals surface area contributed by atoms with Crippen LogP contribution in [0.25, 0.3) is 16.7 Å². The van der Waals surface area contributed by atoms with Crippen molar-refractivity contribution in [1.82, 2.24) is 23.8 Å². The Morgan fingerprint density at radius 1 is 0.900 bits per heavy atom. The topological polar surface area (TPSA) is 75.7 Å². The van der Waals surface area contributed by atoms with Gasteiger partial charge in [0, 0.05) is 57.7 Å². The second-order valence-electron chi connectivity index (χ2n) is 7.37. The van der Waals surface area contributed by atoms with Crippen molar-refractivity contribution in [3.63, 3.8) is 0 Å². The summed E-state index contributed by atoms with van der Waals surface area (Å²) in [4.78, 5) is 38.6. The van der Waals surface area contributed by atoms with Gasteiger partial charge in [0.05, 0.1) is 5.52 Å². The zero-order valence-electron chi connectivity index (χ0n) is 16.5. The van der Waals surface area contributed by atoms with E-state index in [-0.39, 0.29) is 17.9 Å². The number of carbonyl (C=O) groups is 1. The summed E-state index contributed by atoms with van der Waals surface area (Å²) in [6.07, 6.45) is 5.58. The van der Waals surface area contributed by atoms with Gasteiger partial charge in [-0.25, -0.2) is 9.97 Å². The van der Waals surface area contributed by atoms with Gasteiger partial charge in [0.25, 0.3) is 5.56 Å². The highest BCUT2D eigenvalue weighted by atomic mass is 16.2. The first-order valence-corrected chi connectivity index (χ1v) is 10.1. The maximum atomic E-state index is 13.0. The average molecular weight is 402 g/mol. The third-order valence-electron chi connectivity index (χ3n) is 5.65. The largest absolute Gasteiger partial charge is 0.353 e. The molecule has 0 aliphatic carbocycles. The number of fused-ring (bicyclic) bond motifs is 3. The molecule has 1 amide bonds. The standard InChI is InChI=1S/C22H22N6O2/c29-20(26-15-13-25(14-16-26)19-7-1-2-9-23-19)8-12-28-21-17(5-3-10-24-21)27-11-4-6-18(27)22(28)30/h1-7,9-11H,8,12-16H2. The van der Waals surface area contributed by atoms with Crippen LogP contribution in [0, 0.1) is 0 Å². The molecular formula is C22H22N6O2. The van der Waals surface area contributed by atoms with E-state index in [1.807, 2.05) is 51.9 Å². The molecule has 0 atom stereocenters. The van der Waals surface area contributed by atoms with Crippen LogP contribution in [0.4, 0.5) is 5.82 Å². The van der Waals surface area contributed by atoms with E-state index >= 15 is 0 Å². The Bertz CT molecular complexity index is 1260. The van der Waals surface area contributed by atoms with Gasteiger partial charge in [0.1, 0.15) is 11.3 Å². The molecule has 5 heterocycles. The molecular weight excluding hydrogens is 380 g/mol. The van der Waals surface area contributed by atoms with Gasteiger partial charge in [-0.2, -0.15) is 0 Å². The van der Waals surface area contributed by atoms with Gasteiger partial charge in [-0.05, 0) is 36.4 Å². The Labute approximate surface area is 173 Å². The molecule has 0 N–H and O–H groups in total. The van der Waals surface area contributed by atoms with Crippen molar-refractivity contribution < 1.29 is 4.79 Å². The minimum absolute atomic E-state index is 0.0573. The smallest absolute Gasteiger partial charge is 0.276 e. The van der Waals surface area contributed by atoms with Crippen molar-refractivity contribution >= 4 is 28.4 Å². The zero-order chi connectivity index (χ0) is 20.5. The molecule has 0 aromatic carbocycles. The van der Waals surface area contributed by atoms with Crippen LogP contribution in [0.5, 0.6) is 0 Å². The molecule has 152 valence electrons. The Morgan fingerprint density at radius 3 is 2.50 bits per heavy atom. The van der Waals surface area contributed by atoms with E-state index in [1.165, 1.54) is 0 Å². The highest BCUT2D eigenvalue weighted by Crippen LogP contribution is 2.15. The fourth-order valence-electron chi connectivity index (χ4n) is 4.08. The number of hydrogen-bond donors (Lipinski definition) is 0. The zero-order valence-corrected chi connectivity index (χ0v) is 16.5.